The lowest BCUT2D eigenvalue weighted by Crippen LogP contribution is -2.59. The number of nitrogens with zero attached hydrogens (tertiary/aromatic N) is 3. The van der Waals surface area contributed by atoms with Crippen LogP contribution in [0, 0.1) is 23.2 Å². The van der Waals surface area contributed by atoms with E-state index >= 15 is 0 Å². The lowest BCUT2D eigenvalue weighted by atomic mass is 9.85. The first-order chi connectivity index (χ1) is 29.7. The first-order valence-electron chi connectivity index (χ1n) is 21.8. The first kappa shape index (κ1) is 45.0. The number of aromatic nitrogens is 2. The highest BCUT2D eigenvalue weighted by atomic mass is 35.5. The molecule has 3 amide bonds. The van der Waals surface area contributed by atoms with Crippen LogP contribution >= 0.6 is 22.9 Å². The van der Waals surface area contributed by atoms with Gasteiger partial charge in [0, 0.05) is 41.8 Å². The molecule has 2 saturated heterocycles. The van der Waals surface area contributed by atoms with Gasteiger partial charge in [-0.2, -0.15) is 0 Å². The maximum Gasteiger partial charge on any atom is 0.408 e. The van der Waals surface area contributed by atoms with E-state index in [1.54, 1.807) is 18.2 Å². The molecule has 1 aromatic carbocycles. The van der Waals surface area contributed by atoms with Crippen molar-refractivity contribution in [1.29, 1.82) is 0 Å². The lowest BCUT2D eigenvalue weighted by Gasteiger charge is -2.35. The molecule has 2 aliphatic heterocycles. The van der Waals surface area contributed by atoms with Gasteiger partial charge in [0.1, 0.15) is 58.7 Å². The molecule has 5 fully saturated rings. The number of carbonyl (C=O) groups excluding carboxylic acids is 3. The minimum absolute atomic E-state index is 0.0114. The molecule has 342 valence electrons. The van der Waals surface area contributed by atoms with Crippen molar-refractivity contribution in [3.63, 3.8) is 0 Å². The summed E-state index contributed by atoms with van der Waals surface area (Å²) in [5.41, 5.74) is -1.07. The Balaban J connectivity index is 1.10. The second-order valence-corrected chi connectivity index (χ2v) is 20.6. The molecule has 15 nitrogen and oxygen atoms in total. The molecular formula is C44H56ClF2N7O8S. The summed E-state index contributed by atoms with van der Waals surface area (Å²) in [5, 5.41) is 25.0. The molecule has 8 rings (SSSR count). The van der Waals surface area contributed by atoms with E-state index in [0.29, 0.717) is 45.9 Å². The number of anilines is 1. The molecular weight excluding hydrogens is 860 g/mol. The van der Waals surface area contributed by atoms with Crippen LogP contribution < -0.4 is 30.7 Å². The van der Waals surface area contributed by atoms with Crippen LogP contribution in [0.2, 0.25) is 5.02 Å². The second-order valence-electron chi connectivity index (χ2n) is 19.3. The summed E-state index contributed by atoms with van der Waals surface area (Å²) in [4.78, 5) is 65.9. The zero-order valence-electron chi connectivity index (χ0n) is 36.3. The van der Waals surface area contributed by atoms with Gasteiger partial charge in [-0.25, -0.2) is 28.3 Å². The molecule has 3 aliphatic carbocycles. The quantitative estimate of drug-likeness (QED) is 0.107. The zero-order chi connectivity index (χ0) is 45.2. The number of aliphatic carboxylic acids is 1. The summed E-state index contributed by atoms with van der Waals surface area (Å²) < 4.78 is 46.3. The molecule has 5 aliphatic rings. The minimum Gasteiger partial charge on any atom is -0.490 e. The van der Waals surface area contributed by atoms with Crippen molar-refractivity contribution in [1.82, 2.24) is 30.8 Å². The van der Waals surface area contributed by atoms with Gasteiger partial charge in [0.2, 0.25) is 11.8 Å². The van der Waals surface area contributed by atoms with Crippen LogP contribution in [-0.2, 0) is 19.1 Å². The lowest BCUT2D eigenvalue weighted by molar-refractivity contribution is -0.146. The number of rotatable bonds is 15. The highest BCUT2D eigenvalue weighted by molar-refractivity contribution is 7.14. The summed E-state index contributed by atoms with van der Waals surface area (Å²) in [7, 11) is 0. The molecule has 63 heavy (non-hydrogen) atoms. The van der Waals surface area contributed by atoms with Crippen LogP contribution in [0.1, 0.15) is 86.5 Å². The fourth-order valence-electron chi connectivity index (χ4n) is 9.38. The molecule has 19 heteroatoms. The molecule has 5 N–H and O–H groups in total. The summed E-state index contributed by atoms with van der Waals surface area (Å²) in [6, 6.07) is 2.28. The van der Waals surface area contributed by atoms with E-state index in [0.717, 1.165) is 19.3 Å². The average Bonchev–Trinajstić information content (AvgIpc) is 3.74. The summed E-state index contributed by atoms with van der Waals surface area (Å²) >= 11 is 8.38. The van der Waals surface area contributed by atoms with Gasteiger partial charge in [-0.3, -0.25) is 9.59 Å². The number of likely N-dealkylation sites (tertiary alicyclic amines) is 1. The number of benzene rings is 1. The molecule has 3 saturated carbocycles. The van der Waals surface area contributed by atoms with E-state index in [2.05, 4.69) is 21.3 Å². The molecule has 0 radical (unpaired) electrons. The Hall–Kier alpha value is -4.55. The third-order valence-corrected chi connectivity index (χ3v) is 14.1. The van der Waals surface area contributed by atoms with Crippen molar-refractivity contribution < 1.29 is 47.3 Å². The molecule has 9 atom stereocenters. The monoisotopic (exact) mass is 915 g/mol. The Morgan fingerprint density at radius 2 is 1.79 bits per heavy atom. The summed E-state index contributed by atoms with van der Waals surface area (Å²) in [6.45, 7) is 10.7. The van der Waals surface area contributed by atoms with Gasteiger partial charge < -0.3 is 45.5 Å². The van der Waals surface area contributed by atoms with Crippen molar-refractivity contribution in [3.8, 4) is 22.9 Å². The average molecular weight is 916 g/mol. The Morgan fingerprint density at radius 3 is 2.43 bits per heavy atom. The maximum atomic E-state index is 14.8. The van der Waals surface area contributed by atoms with Crippen molar-refractivity contribution in [2.75, 3.05) is 25.0 Å². The highest BCUT2D eigenvalue weighted by Gasteiger charge is 2.61. The van der Waals surface area contributed by atoms with Gasteiger partial charge in [0.05, 0.1) is 24.3 Å². The Morgan fingerprint density at radius 1 is 1.05 bits per heavy atom. The number of halogens is 3. The minimum atomic E-state index is -2.83. The number of hydrogen-bond acceptors (Lipinski definition) is 12. The maximum absolute atomic E-state index is 14.8. The largest absolute Gasteiger partial charge is 0.490 e. The number of alkyl carbamates (subject to hydrolysis) is 1. The molecule has 2 aromatic heterocycles. The summed E-state index contributed by atoms with van der Waals surface area (Å²) in [5.74, 6) is -3.73. The smallest absolute Gasteiger partial charge is 0.408 e. The van der Waals surface area contributed by atoms with Gasteiger partial charge in [-0.15, -0.1) is 11.3 Å². The van der Waals surface area contributed by atoms with E-state index in [4.69, 9.17) is 35.8 Å². The van der Waals surface area contributed by atoms with Gasteiger partial charge in [0.25, 0.3) is 5.92 Å². The topological polar surface area (TPSA) is 193 Å². The number of carboxylic acids is 1. The van der Waals surface area contributed by atoms with Crippen LogP contribution in [-0.4, -0.2) is 111 Å². The van der Waals surface area contributed by atoms with Crippen molar-refractivity contribution in [2.24, 2.45) is 23.2 Å². The van der Waals surface area contributed by atoms with Gasteiger partial charge in [-0.1, -0.05) is 45.7 Å². The van der Waals surface area contributed by atoms with E-state index in [-0.39, 0.29) is 66.8 Å². The third kappa shape index (κ3) is 9.63. The van der Waals surface area contributed by atoms with E-state index in [9.17, 15) is 33.1 Å². The van der Waals surface area contributed by atoms with Gasteiger partial charge in [0.15, 0.2) is 5.13 Å². The fourth-order valence-corrected chi connectivity index (χ4v) is 10.5. The predicted molar refractivity (Wildman–Crippen MR) is 232 cm³/mol. The van der Waals surface area contributed by atoms with Crippen LogP contribution in [0.5, 0.6) is 11.5 Å². The molecule has 0 bridgehead atoms. The van der Waals surface area contributed by atoms with Gasteiger partial charge in [-0.05, 0) is 74.8 Å². The molecule has 2 unspecified atom stereocenters. The van der Waals surface area contributed by atoms with Crippen molar-refractivity contribution >= 4 is 62.8 Å². The van der Waals surface area contributed by atoms with E-state index < -0.39 is 71.5 Å². The number of fused-ring (bicyclic) bond motifs is 2. The van der Waals surface area contributed by atoms with E-state index in [1.807, 2.05) is 46.9 Å². The fraction of sp³-hybridized carbons (Fsp3) is 0.636. The third-order valence-electron chi connectivity index (χ3n) is 13.0. The van der Waals surface area contributed by atoms with Gasteiger partial charge >= 0.3 is 12.1 Å². The van der Waals surface area contributed by atoms with Crippen LogP contribution in [0.4, 0.5) is 18.7 Å². The standard InChI is InChI=1S/C44H56ClF2N7O8S/c1-7-24-15-44(24,39(57)58)53-37(55)31-13-27(17-54(31)38(56)36(42(4,5)6)52-41(59)62-26-11-22-10-23(22)12-26)61-33-14-29(30-19-63-40(51-30)49-21(2)3)50-35-28(33)8-9-32(34(35)45)60-18-25-16-43(46,47)20-48-25/h8-9,14,19,21-27,31,36,48H,7,10-13,15-18,20H2,1-6H3,(H,49,51)(H,52,59)(H,53,55)(H,57,58)/t22-,23?,24-,25+,26?,27-,31+,36-,44-/m1/s1. The predicted octanol–water partition coefficient (Wildman–Crippen LogP) is 6.87. The molecule has 3 aromatic rings. The number of amides is 3. The highest BCUT2D eigenvalue weighted by Crippen LogP contribution is 2.52. The number of hydrogen-bond donors (Lipinski definition) is 5. The zero-order valence-corrected chi connectivity index (χ0v) is 37.8. The number of carbonyl (C=O) groups is 4. The number of nitrogens with one attached hydrogen (secondary N) is 4. The van der Waals surface area contributed by atoms with Crippen molar-refractivity contribution in [3.05, 3.63) is 28.6 Å². The number of thiazole rings is 1. The number of alkyl halides is 2. The number of pyridine rings is 1. The number of carboxylic acid groups (broad SMARTS) is 1. The second kappa shape index (κ2) is 17.1. The Kier molecular flexibility index (Phi) is 12.2. The molecule has 0 spiro atoms. The van der Waals surface area contributed by atoms with Crippen LogP contribution in [0.25, 0.3) is 22.3 Å². The van der Waals surface area contributed by atoms with Crippen LogP contribution in [0.15, 0.2) is 23.6 Å². The molecule has 4 heterocycles. The normalized spacial score (nSPS) is 28.7. The Labute approximate surface area is 373 Å². The first-order valence-corrected chi connectivity index (χ1v) is 23.1. The van der Waals surface area contributed by atoms with Crippen LogP contribution in [0.3, 0.4) is 0 Å². The SMILES string of the molecule is CC[C@@H]1C[C@]1(NC(=O)[C@@H]1C[C@@H](Oc2cc(-c3csc(NC(C)C)n3)nc3c(Cl)c(OC[C@@H]4CC(F)(F)CN4)ccc23)CN1C(=O)[C@@H](NC(=O)OC1CC2C[C@@H]2C1)C(C)(C)C)C(=O)O. The number of ether oxygens (including phenoxy) is 3. The van der Waals surface area contributed by atoms with E-state index in [1.165, 1.54) is 16.2 Å². The Bertz CT molecular complexity index is 2270. The summed E-state index contributed by atoms with van der Waals surface area (Å²) in [6.07, 6.45) is 1.43. The van der Waals surface area contributed by atoms with Crippen molar-refractivity contribution in [2.45, 2.75) is 134 Å².